The average molecular weight is 310 g/mol. The Bertz CT molecular complexity index is 534. The maximum Gasteiger partial charge on any atom is 0.182 e. The van der Waals surface area contributed by atoms with E-state index in [1.165, 1.54) is 0 Å². The zero-order chi connectivity index (χ0) is 13.0. The van der Waals surface area contributed by atoms with Crippen molar-refractivity contribution in [2.75, 3.05) is 19.5 Å². The molecule has 2 aromatic heterocycles. The summed E-state index contributed by atoms with van der Waals surface area (Å²) >= 11 is 3.45. The number of nitrogens with one attached hydrogen (secondary N) is 1. The Labute approximate surface area is 113 Å². The maximum atomic E-state index is 5.11. The second-order valence-corrected chi connectivity index (χ2v) is 4.22. The van der Waals surface area contributed by atoms with Gasteiger partial charge in [-0.1, -0.05) is 0 Å². The van der Waals surface area contributed by atoms with Gasteiger partial charge in [0, 0.05) is 26.6 Å². The van der Waals surface area contributed by atoms with E-state index in [2.05, 4.69) is 41.2 Å². The summed E-state index contributed by atoms with van der Waals surface area (Å²) in [5.41, 5.74) is 1.39. The van der Waals surface area contributed by atoms with Gasteiger partial charge in [-0.05, 0) is 15.9 Å². The molecule has 0 saturated heterocycles. The van der Waals surface area contributed by atoms with Crippen molar-refractivity contribution >= 4 is 21.7 Å². The van der Waals surface area contributed by atoms with Gasteiger partial charge in [0.05, 0.1) is 23.0 Å². The van der Waals surface area contributed by atoms with Gasteiger partial charge in [-0.2, -0.15) is 0 Å². The summed E-state index contributed by atoms with van der Waals surface area (Å²) in [6, 6.07) is 0. The first-order valence-corrected chi connectivity index (χ1v) is 6.05. The van der Waals surface area contributed by atoms with Crippen LogP contribution in [0.1, 0.15) is 5.69 Å². The summed E-state index contributed by atoms with van der Waals surface area (Å²) in [7, 11) is 3.42. The summed E-state index contributed by atoms with van der Waals surface area (Å²) in [6.07, 6.45) is 4.84. The first-order chi connectivity index (χ1) is 8.76. The Morgan fingerprint density at radius 2 is 2.17 bits per heavy atom. The Kier molecular flexibility index (Phi) is 4.16. The van der Waals surface area contributed by atoms with Crippen LogP contribution in [0, 0.1) is 0 Å². The lowest BCUT2D eigenvalue weighted by Crippen LogP contribution is -2.05. The van der Waals surface area contributed by atoms with E-state index in [4.69, 9.17) is 4.74 Å². The molecule has 0 aliphatic carbocycles. The van der Waals surface area contributed by atoms with Gasteiger partial charge in [-0.25, -0.2) is 15.0 Å². The van der Waals surface area contributed by atoms with Crippen LogP contribution in [0.5, 0.6) is 0 Å². The summed E-state index contributed by atoms with van der Waals surface area (Å²) in [5.74, 6) is 1.21. The molecular formula is C11H12BrN5O. The van der Waals surface area contributed by atoms with Crippen molar-refractivity contribution in [1.82, 2.24) is 19.9 Å². The topological polar surface area (TPSA) is 72.8 Å². The molecule has 2 heterocycles. The van der Waals surface area contributed by atoms with Crippen molar-refractivity contribution in [2.24, 2.45) is 0 Å². The van der Waals surface area contributed by atoms with Crippen LogP contribution in [-0.4, -0.2) is 34.1 Å². The Morgan fingerprint density at radius 1 is 1.33 bits per heavy atom. The molecule has 0 bridgehead atoms. The minimum absolute atomic E-state index is 0.394. The monoisotopic (exact) mass is 309 g/mol. The predicted molar refractivity (Wildman–Crippen MR) is 71.0 cm³/mol. The van der Waals surface area contributed by atoms with Crippen molar-refractivity contribution in [3.05, 3.63) is 28.8 Å². The Morgan fingerprint density at radius 3 is 2.78 bits per heavy atom. The standard InChI is InChI=1S/C11H12BrN5O/c1-13-11-9(12)8(6-18-2)16-10(17-11)7-5-14-3-4-15-7/h3-5H,6H2,1-2H3,(H,13,16,17). The Balaban J connectivity index is 2.52. The normalized spacial score (nSPS) is 10.4. The number of rotatable bonds is 4. The zero-order valence-electron chi connectivity index (χ0n) is 10.0. The smallest absolute Gasteiger partial charge is 0.182 e. The molecule has 18 heavy (non-hydrogen) atoms. The molecule has 0 aromatic carbocycles. The van der Waals surface area contributed by atoms with Crippen LogP contribution in [0.25, 0.3) is 11.5 Å². The van der Waals surface area contributed by atoms with Crippen LogP contribution in [-0.2, 0) is 11.3 Å². The molecule has 7 heteroatoms. The van der Waals surface area contributed by atoms with E-state index in [0.29, 0.717) is 23.9 Å². The highest BCUT2D eigenvalue weighted by atomic mass is 79.9. The number of anilines is 1. The summed E-state index contributed by atoms with van der Waals surface area (Å²) in [4.78, 5) is 17.0. The van der Waals surface area contributed by atoms with Crippen LogP contribution in [0.3, 0.4) is 0 Å². The van der Waals surface area contributed by atoms with Crippen LogP contribution in [0.15, 0.2) is 23.1 Å². The number of nitrogens with zero attached hydrogens (tertiary/aromatic N) is 4. The van der Waals surface area contributed by atoms with Crippen molar-refractivity contribution in [3.8, 4) is 11.5 Å². The number of aromatic nitrogens is 4. The van der Waals surface area contributed by atoms with E-state index < -0.39 is 0 Å². The van der Waals surface area contributed by atoms with Gasteiger partial charge in [-0.3, -0.25) is 4.98 Å². The van der Waals surface area contributed by atoms with E-state index in [9.17, 15) is 0 Å². The molecule has 0 atom stereocenters. The van der Waals surface area contributed by atoms with E-state index in [-0.39, 0.29) is 0 Å². The van der Waals surface area contributed by atoms with Crippen molar-refractivity contribution in [3.63, 3.8) is 0 Å². The van der Waals surface area contributed by atoms with Gasteiger partial charge >= 0.3 is 0 Å². The van der Waals surface area contributed by atoms with E-state index >= 15 is 0 Å². The van der Waals surface area contributed by atoms with Crippen LogP contribution < -0.4 is 5.32 Å². The molecular weight excluding hydrogens is 298 g/mol. The molecule has 6 nitrogen and oxygen atoms in total. The highest BCUT2D eigenvalue weighted by molar-refractivity contribution is 9.10. The number of methoxy groups -OCH3 is 1. The number of hydrogen-bond acceptors (Lipinski definition) is 6. The molecule has 0 saturated carbocycles. The molecule has 94 valence electrons. The van der Waals surface area contributed by atoms with Gasteiger partial charge in [-0.15, -0.1) is 0 Å². The highest BCUT2D eigenvalue weighted by Gasteiger charge is 2.13. The van der Waals surface area contributed by atoms with E-state index in [1.807, 2.05) is 0 Å². The minimum atomic E-state index is 0.394. The molecule has 0 aliphatic heterocycles. The number of hydrogen-bond donors (Lipinski definition) is 1. The molecule has 2 rings (SSSR count). The zero-order valence-corrected chi connectivity index (χ0v) is 11.6. The lowest BCUT2D eigenvalue weighted by atomic mass is 10.3. The first kappa shape index (κ1) is 12.8. The molecule has 0 radical (unpaired) electrons. The molecule has 0 unspecified atom stereocenters. The predicted octanol–water partition coefficient (Wildman–Crippen LogP) is 1.88. The van der Waals surface area contributed by atoms with Crippen LogP contribution in [0.4, 0.5) is 5.82 Å². The van der Waals surface area contributed by atoms with Gasteiger partial charge in [0.15, 0.2) is 5.82 Å². The van der Waals surface area contributed by atoms with Crippen molar-refractivity contribution in [2.45, 2.75) is 6.61 Å². The molecule has 0 amide bonds. The Hall–Kier alpha value is -1.60. The summed E-state index contributed by atoms with van der Waals surface area (Å²) < 4.78 is 5.91. The van der Waals surface area contributed by atoms with Gasteiger partial charge in [0.2, 0.25) is 0 Å². The lowest BCUT2D eigenvalue weighted by molar-refractivity contribution is 0.181. The van der Waals surface area contributed by atoms with E-state index in [1.54, 1.807) is 32.7 Å². The SMILES string of the molecule is CNc1nc(-c2cnccn2)nc(COC)c1Br. The quantitative estimate of drug-likeness (QED) is 0.929. The average Bonchev–Trinajstić information content (AvgIpc) is 2.42. The van der Waals surface area contributed by atoms with Crippen LogP contribution >= 0.6 is 15.9 Å². The molecule has 0 fully saturated rings. The van der Waals surface area contributed by atoms with Gasteiger partial charge in [0.25, 0.3) is 0 Å². The number of halogens is 1. The fourth-order valence-electron chi connectivity index (χ4n) is 1.42. The summed E-state index contributed by atoms with van der Waals surface area (Å²) in [6.45, 7) is 0.394. The third-order valence-electron chi connectivity index (χ3n) is 2.23. The third-order valence-corrected chi connectivity index (χ3v) is 3.06. The fraction of sp³-hybridized carbons (Fsp3) is 0.273. The first-order valence-electron chi connectivity index (χ1n) is 5.25. The van der Waals surface area contributed by atoms with Crippen molar-refractivity contribution in [1.29, 1.82) is 0 Å². The van der Waals surface area contributed by atoms with Crippen LogP contribution in [0.2, 0.25) is 0 Å². The molecule has 0 spiro atoms. The largest absolute Gasteiger partial charge is 0.378 e. The highest BCUT2D eigenvalue weighted by Crippen LogP contribution is 2.26. The second-order valence-electron chi connectivity index (χ2n) is 3.43. The lowest BCUT2D eigenvalue weighted by Gasteiger charge is -2.10. The maximum absolute atomic E-state index is 5.11. The second kappa shape index (κ2) is 5.83. The van der Waals surface area contributed by atoms with Gasteiger partial charge in [0.1, 0.15) is 11.5 Å². The fourth-order valence-corrected chi connectivity index (χ4v) is 1.91. The molecule has 2 aromatic rings. The number of ether oxygens (including phenoxy) is 1. The van der Waals surface area contributed by atoms with Gasteiger partial charge < -0.3 is 10.1 Å². The molecule has 1 N–H and O–H groups in total. The van der Waals surface area contributed by atoms with Crippen molar-refractivity contribution < 1.29 is 4.74 Å². The molecule has 0 aliphatic rings. The minimum Gasteiger partial charge on any atom is -0.378 e. The third kappa shape index (κ3) is 2.62. The summed E-state index contributed by atoms with van der Waals surface area (Å²) in [5, 5.41) is 3.00. The van der Waals surface area contributed by atoms with E-state index in [0.717, 1.165) is 10.2 Å².